The molecule has 0 saturated heterocycles. The number of amides is 1. The molecule has 0 spiro atoms. The molecule has 94 valence electrons. The van der Waals surface area contributed by atoms with Crippen LogP contribution in [-0.2, 0) is 0 Å². The second-order valence-electron chi connectivity index (χ2n) is 3.52. The van der Waals surface area contributed by atoms with Gasteiger partial charge in [-0.05, 0) is 36.4 Å². The van der Waals surface area contributed by atoms with E-state index in [4.69, 9.17) is 17.4 Å². The van der Waals surface area contributed by atoms with E-state index < -0.39 is 0 Å². The molecule has 18 heavy (non-hydrogen) atoms. The van der Waals surface area contributed by atoms with E-state index >= 15 is 0 Å². The molecule has 0 aliphatic heterocycles. The van der Waals surface area contributed by atoms with Crippen LogP contribution >= 0.6 is 24.0 Å². The highest BCUT2D eigenvalue weighted by atomic mass is 35.5. The van der Waals surface area contributed by atoms with Crippen LogP contribution in [0.2, 0.25) is 5.02 Å². The van der Waals surface area contributed by atoms with Crippen molar-refractivity contribution in [3.63, 3.8) is 0 Å². The van der Waals surface area contributed by atoms with E-state index in [0.717, 1.165) is 5.01 Å². The molecule has 0 atom stereocenters. The fraction of sp³-hybridized carbons (Fsp3) is 0. The zero-order valence-corrected chi connectivity index (χ0v) is 11.0. The molecule has 0 aliphatic carbocycles. The Kier molecular flexibility index (Phi) is 5.16. The maximum atomic E-state index is 12.0. The number of benzene rings is 2. The molecular weight excluding hydrogens is 271 g/mol. The Bertz CT molecular complexity index is 514. The number of carbonyl (C=O) groups is 1. The summed E-state index contributed by atoms with van der Waals surface area (Å²) in [6.07, 6.45) is 0. The second kappa shape index (κ2) is 6.40. The summed E-state index contributed by atoms with van der Waals surface area (Å²) in [5.41, 5.74) is 1.15. The van der Waals surface area contributed by atoms with E-state index in [1.807, 2.05) is 18.2 Å². The molecule has 0 bridgehead atoms. The summed E-state index contributed by atoms with van der Waals surface area (Å²) in [6, 6.07) is 15.7. The lowest BCUT2D eigenvalue weighted by atomic mass is 10.2. The smallest absolute Gasteiger partial charge is 0.267 e. The minimum atomic E-state index is -0.270. The highest BCUT2D eigenvalue weighted by Gasteiger charge is 2.13. The Balaban J connectivity index is 0.00000162. The molecule has 2 aromatic carbocycles. The fourth-order valence-electron chi connectivity index (χ4n) is 1.44. The van der Waals surface area contributed by atoms with Gasteiger partial charge in [-0.3, -0.25) is 4.79 Å². The van der Waals surface area contributed by atoms with Gasteiger partial charge in [0, 0.05) is 10.6 Å². The molecule has 0 unspecified atom stereocenters. The van der Waals surface area contributed by atoms with Gasteiger partial charge in [-0.1, -0.05) is 29.8 Å². The van der Waals surface area contributed by atoms with Crippen LogP contribution in [0.5, 0.6) is 0 Å². The number of para-hydroxylation sites is 1. The first-order chi connectivity index (χ1) is 8.18. The third kappa shape index (κ3) is 3.23. The quantitative estimate of drug-likeness (QED) is 0.522. The van der Waals surface area contributed by atoms with Gasteiger partial charge in [0.1, 0.15) is 0 Å². The van der Waals surface area contributed by atoms with Crippen molar-refractivity contribution in [1.82, 2.24) is 0 Å². The van der Waals surface area contributed by atoms with E-state index in [2.05, 4.69) is 0 Å². The molecule has 5 heteroatoms. The molecule has 0 radical (unpaired) electrons. The Morgan fingerprint density at radius 1 is 1.00 bits per heavy atom. The summed E-state index contributed by atoms with van der Waals surface area (Å²) in [5, 5.41) is 1.70. The molecule has 3 nitrogen and oxygen atoms in total. The average Bonchev–Trinajstić information content (AvgIpc) is 2.39. The van der Waals surface area contributed by atoms with E-state index in [0.29, 0.717) is 16.3 Å². The van der Waals surface area contributed by atoms with Crippen LogP contribution in [0.3, 0.4) is 0 Å². The van der Waals surface area contributed by atoms with Crippen molar-refractivity contribution in [1.29, 1.82) is 0 Å². The van der Waals surface area contributed by atoms with Crippen LogP contribution in [0.4, 0.5) is 5.69 Å². The van der Waals surface area contributed by atoms with E-state index in [1.54, 1.807) is 36.4 Å². The Morgan fingerprint density at radius 2 is 1.56 bits per heavy atom. The minimum Gasteiger partial charge on any atom is -0.267 e. The summed E-state index contributed by atoms with van der Waals surface area (Å²) in [6.45, 7) is 0. The predicted molar refractivity (Wildman–Crippen MR) is 76.1 cm³/mol. The van der Waals surface area contributed by atoms with Gasteiger partial charge in [0.05, 0.1) is 5.69 Å². The fourth-order valence-corrected chi connectivity index (χ4v) is 1.56. The number of halogens is 2. The number of hydrazine groups is 1. The Labute approximate surface area is 117 Å². The van der Waals surface area contributed by atoms with Gasteiger partial charge in [0.25, 0.3) is 5.91 Å². The molecule has 0 saturated carbocycles. The second-order valence-corrected chi connectivity index (χ2v) is 3.95. The molecule has 0 heterocycles. The van der Waals surface area contributed by atoms with Gasteiger partial charge < -0.3 is 0 Å². The van der Waals surface area contributed by atoms with Crippen LogP contribution in [-0.4, -0.2) is 5.91 Å². The highest BCUT2D eigenvalue weighted by Crippen LogP contribution is 2.15. The maximum absolute atomic E-state index is 12.0. The summed E-state index contributed by atoms with van der Waals surface area (Å²) >= 11 is 5.76. The Hall–Kier alpha value is -1.55. The van der Waals surface area contributed by atoms with Gasteiger partial charge in [-0.15, -0.1) is 12.4 Å². The molecule has 2 N–H and O–H groups in total. The molecular formula is C13H12Cl2N2O. The van der Waals surface area contributed by atoms with Crippen molar-refractivity contribution in [3.8, 4) is 0 Å². The van der Waals surface area contributed by atoms with Gasteiger partial charge in [-0.2, -0.15) is 0 Å². The topological polar surface area (TPSA) is 46.3 Å². The lowest BCUT2D eigenvalue weighted by Gasteiger charge is -2.16. The SMILES string of the molecule is Cl.NN(C(=O)c1ccc(Cl)cc1)c1ccccc1. The van der Waals surface area contributed by atoms with Crippen molar-refractivity contribution in [3.05, 3.63) is 65.2 Å². The molecule has 2 rings (SSSR count). The van der Waals surface area contributed by atoms with Gasteiger partial charge in [0.2, 0.25) is 0 Å². The van der Waals surface area contributed by atoms with E-state index in [-0.39, 0.29) is 18.3 Å². The van der Waals surface area contributed by atoms with Crippen LogP contribution in [0.15, 0.2) is 54.6 Å². The van der Waals surface area contributed by atoms with Crippen molar-refractivity contribution < 1.29 is 4.79 Å². The first kappa shape index (κ1) is 14.5. The lowest BCUT2D eigenvalue weighted by Crippen LogP contribution is -2.37. The van der Waals surface area contributed by atoms with Crippen molar-refractivity contribution in [2.24, 2.45) is 5.84 Å². The number of hydrogen-bond donors (Lipinski definition) is 1. The summed E-state index contributed by atoms with van der Waals surface area (Å²) < 4.78 is 0. The van der Waals surface area contributed by atoms with Crippen LogP contribution in [0.25, 0.3) is 0 Å². The molecule has 1 amide bonds. The molecule has 0 aromatic heterocycles. The number of anilines is 1. The van der Waals surface area contributed by atoms with Crippen LogP contribution in [0.1, 0.15) is 10.4 Å². The summed E-state index contributed by atoms with van der Waals surface area (Å²) in [5.74, 6) is 5.49. The third-order valence-electron chi connectivity index (χ3n) is 2.34. The standard InChI is InChI=1S/C13H11ClN2O.ClH/c14-11-8-6-10(7-9-11)13(17)16(15)12-4-2-1-3-5-12;/h1-9H,15H2;1H. The van der Waals surface area contributed by atoms with Crippen molar-refractivity contribution >= 4 is 35.6 Å². The monoisotopic (exact) mass is 282 g/mol. The number of nitrogens with zero attached hydrogens (tertiary/aromatic N) is 1. The number of rotatable bonds is 2. The third-order valence-corrected chi connectivity index (χ3v) is 2.60. The highest BCUT2D eigenvalue weighted by molar-refractivity contribution is 6.30. The molecule has 0 aliphatic rings. The first-order valence-corrected chi connectivity index (χ1v) is 5.46. The van der Waals surface area contributed by atoms with E-state index in [1.165, 1.54) is 0 Å². The first-order valence-electron chi connectivity index (χ1n) is 5.08. The predicted octanol–water partition coefficient (Wildman–Crippen LogP) is 3.28. The average molecular weight is 283 g/mol. The van der Waals surface area contributed by atoms with Gasteiger partial charge in [-0.25, -0.2) is 10.9 Å². The number of hydrogen-bond acceptors (Lipinski definition) is 2. The number of carbonyl (C=O) groups excluding carboxylic acids is 1. The summed E-state index contributed by atoms with van der Waals surface area (Å²) in [4.78, 5) is 12.0. The van der Waals surface area contributed by atoms with Crippen LogP contribution in [0, 0.1) is 0 Å². The van der Waals surface area contributed by atoms with Crippen LogP contribution < -0.4 is 10.9 Å². The van der Waals surface area contributed by atoms with Crippen molar-refractivity contribution in [2.75, 3.05) is 5.01 Å². The number of nitrogens with two attached hydrogens (primary N) is 1. The lowest BCUT2D eigenvalue weighted by molar-refractivity contribution is 0.0987. The minimum absolute atomic E-state index is 0. The molecule has 0 fully saturated rings. The van der Waals surface area contributed by atoms with E-state index in [9.17, 15) is 4.79 Å². The largest absolute Gasteiger partial charge is 0.272 e. The van der Waals surface area contributed by atoms with Gasteiger partial charge in [0.15, 0.2) is 0 Å². The zero-order valence-electron chi connectivity index (χ0n) is 9.42. The maximum Gasteiger partial charge on any atom is 0.272 e. The Morgan fingerprint density at radius 3 is 2.11 bits per heavy atom. The summed E-state index contributed by atoms with van der Waals surface area (Å²) in [7, 11) is 0. The molecule has 2 aromatic rings. The van der Waals surface area contributed by atoms with Crippen molar-refractivity contribution in [2.45, 2.75) is 0 Å². The zero-order chi connectivity index (χ0) is 12.3. The normalized spacial score (nSPS) is 9.44. The van der Waals surface area contributed by atoms with Gasteiger partial charge >= 0.3 is 0 Å².